The van der Waals surface area contributed by atoms with Gasteiger partial charge in [0.15, 0.2) is 0 Å². The van der Waals surface area contributed by atoms with E-state index < -0.39 is 10.0 Å². The fourth-order valence-electron chi connectivity index (χ4n) is 2.11. The largest absolute Gasteiger partial charge is 0.496 e. The summed E-state index contributed by atoms with van der Waals surface area (Å²) in [7, 11) is -1.81. The number of para-hydroxylation sites is 1. The lowest BCUT2D eigenvalue weighted by Gasteiger charge is -2.10. The monoisotopic (exact) mass is 305 g/mol. The van der Waals surface area contributed by atoms with E-state index in [4.69, 9.17) is 4.74 Å². The normalized spacial score (nSPS) is 11.3. The number of sulfonamides is 1. The highest BCUT2D eigenvalue weighted by atomic mass is 32.2. The summed E-state index contributed by atoms with van der Waals surface area (Å²) in [5, 5.41) is 0. The van der Waals surface area contributed by atoms with Crippen molar-refractivity contribution in [3.63, 3.8) is 0 Å². The van der Waals surface area contributed by atoms with Gasteiger partial charge in [0.1, 0.15) is 5.75 Å². The maximum Gasteiger partial charge on any atom is 0.216 e. The number of ether oxygens (including phenoxy) is 1. The van der Waals surface area contributed by atoms with Crippen molar-refractivity contribution in [2.24, 2.45) is 0 Å². The second-order valence-electron chi connectivity index (χ2n) is 4.88. The van der Waals surface area contributed by atoms with Crippen molar-refractivity contribution in [3.8, 4) is 5.75 Å². The highest BCUT2D eigenvalue weighted by molar-refractivity contribution is 7.88. The standard InChI is InChI=1S/C16H19NO3S/c1-13-6-5-7-14(10-13)12-21(18,19)17-11-15-8-3-4-9-16(15)20-2/h3-10,17H,11-12H2,1-2H3. The van der Waals surface area contributed by atoms with Crippen molar-refractivity contribution in [2.45, 2.75) is 19.2 Å². The van der Waals surface area contributed by atoms with Crippen LogP contribution in [0.15, 0.2) is 48.5 Å². The molecule has 0 saturated heterocycles. The van der Waals surface area contributed by atoms with Crippen LogP contribution in [0.5, 0.6) is 5.75 Å². The molecule has 0 saturated carbocycles. The summed E-state index contributed by atoms with van der Waals surface area (Å²) in [6.07, 6.45) is 0. The third kappa shape index (κ3) is 4.58. The first-order valence-corrected chi connectivity index (χ1v) is 8.30. The fraction of sp³-hybridized carbons (Fsp3) is 0.250. The highest BCUT2D eigenvalue weighted by Crippen LogP contribution is 2.17. The van der Waals surface area contributed by atoms with E-state index in [1.165, 1.54) is 0 Å². The van der Waals surface area contributed by atoms with E-state index in [1.54, 1.807) is 7.11 Å². The topological polar surface area (TPSA) is 55.4 Å². The van der Waals surface area contributed by atoms with Gasteiger partial charge in [-0.3, -0.25) is 0 Å². The van der Waals surface area contributed by atoms with Crippen LogP contribution in [0.25, 0.3) is 0 Å². The summed E-state index contributed by atoms with van der Waals surface area (Å²) in [6, 6.07) is 14.9. The Balaban J connectivity index is 2.04. The van der Waals surface area contributed by atoms with Crippen LogP contribution in [0.3, 0.4) is 0 Å². The third-order valence-electron chi connectivity index (χ3n) is 3.11. The first kappa shape index (κ1) is 15.5. The highest BCUT2D eigenvalue weighted by Gasteiger charge is 2.12. The molecule has 0 bridgehead atoms. The van der Waals surface area contributed by atoms with Crippen molar-refractivity contribution in [1.82, 2.24) is 4.72 Å². The van der Waals surface area contributed by atoms with E-state index >= 15 is 0 Å². The fourth-order valence-corrected chi connectivity index (χ4v) is 3.20. The number of benzene rings is 2. The molecule has 0 fully saturated rings. The summed E-state index contributed by atoms with van der Waals surface area (Å²) in [5.41, 5.74) is 2.64. The van der Waals surface area contributed by atoms with Crippen LogP contribution in [0.1, 0.15) is 16.7 Å². The SMILES string of the molecule is COc1ccccc1CNS(=O)(=O)Cc1cccc(C)c1. The summed E-state index contributed by atoms with van der Waals surface area (Å²) in [5.74, 6) is 0.653. The van der Waals surface area contributed by atoms with Gasteiger partial charge in [0.05, 0.1) is 12.9 Å². The van der Waals surface area contributed by atoms with Crippen molar-refractivity contribution >= 4 is 10.0 Å². The zero-order valence-electron chi connectivity index (χ0n) is 12.2. The number of methoxy groups -OCH3 is 1. The number of hydrogen-bond donors (Lipinski definition) is 1. The Bertz CT molecular complexity index is 711. The molecule has 0 radical (unpaired) electrons. The predicted molar refractivity (Wildman–Crippen MR) is 83.6 cm³/mol. The summed E-state index contributed by atoms with van der Waals surface area (Å²) >= 11 is 0. The predicted octanol–water partition coefficient (Wildman–Crippen LogP) is 2.62. The maximum absolute atomic E-state index is 12.1. The van der Waals surface area contributed by atoms with Crippen LogP contribution < -0.4 is 9.46 Å². The number of hydrogen-bond acceptors (Lipinski definition) is 3. The molecule has 0 aromatic heterocycles. The Morgan fingerprint density at radius 2 is 1.86 bits per heavy atom. The van der Waals surface area contributed by atoms with Gasteiger partial charge in [-0.15, -0.1) is 0 Å². The molecular weight excluding hydrogens is 286 g/mol. The molecule has 2 rings (SSSR count). The molecule has 112 valence electrons. The molecule has 0 aliphatic rings. The quantitative estimate of drug-likeness (QED) is 0.892. The molecule has 0 atom stereocenters. The van der Waals surface area contributed by atoms with Gasteiger partial charge in [-0.2, -0.15) is 0 Å². The van der Waals surface area contributed by atoms with Crippen LogP contribution in [0, 0.1) is 6.92 Å². The Morgan fingerprint density at radius 3 is 2.57 bits per heavy atom. The molecule has 0 aliphatic carbocycles. The second-order valence-corrected chi connectivity index (χ2v) is 6.69. The van der Waals surface area contributed by atoms with Gasteiger partial charge >= 0.3 is 0 Å². The molecule has 1 N–H and O–H groups in total. The van der Waals surface area contributed by atoms with Gasteiger partial charge < -0.3 is 4.74 Å². The van der Waals surface area contributed by atoms with Gasteiger partial charge in [-0.05, 0) is 18.6 Å². The van der Waals surface area contributed by atoms with E-state index in [1.807, 2.05) is 55.5 Å². The zero-order chi connectivity index (χ0) is 15.3. The van der Waals surface area contributed by atoms with Crippen molar-refractivity contribution in [3.05, 3.63) is 65.2 Å². The molecule has 0 amide bonds. The number of rotatable bonds is 6. The van der Waals surface area contributed by atoms with Gasteiger partial charge in [0.25, 0.3) is 0 Å². The minimum absolute atomic E-state index is 0.0240. The van der Waals surface area contributed by atoms with Gasteiger partial charge in [0.2, 0.25) is 10.0 Å². The Kier molecular flexibility index (Phi) is 4.98. The van der Waals surface area contributed by atoms with Crippen molar-refractivity contribution in [2.75, 3.05) is 7.11 Å². The molecule has 4 nitrogen and oxygen atoms in total. The van der Waals surface area contributed by atoms with Crippen LogP contribution in [0.4, 0.5) is 0 Å². The van der Waals surface area contributed by atoms with Crippen LogP contribution in [-0.2, 0) is 22.3 Å². The summed E-state index contributed by atoms with van der Waals surface area (Å²) < 4.78 is 32.1. The van der Waals surface area contributed by atoms with E-state index in [-0.39, 0.29) is 12.3 Å². The molecule has 2 aromatic carbocycles. The molecule has 2 aromatic rings. The zero-order valence-corrected chi connectivity index (χ0v) is 13.0. The molecule has 21 heavy (non-hydrogen) atoms. The maximum atomic E-state index is 12.1. The van der Waals surface area contributed by atoms with E-state index in [2.05, 4.69) is 4.72 Å². The first-order chi connectivity index (χ1) is 10.00. The third-order valence-corrected chi connectivity index (χ3v) is 4.41. The van der Waals surface area contributed by atoms with Gasteiger partial charge in [-0.25, -0.2) is 13.1 Å². The lowest BCUT2D eigenvalue weighted by Crippen LogP contribution is -2.25. The lowest BCUT2D eigenvalue weighted by atomic mass is 10.2. The molecule has 0 heterocycles. The molecule has 0 unspecified atom stereocenters. The molecule has 5 heteroatoms. The number of nitrogens with one attached hydrogen (secondary N) is 1. The Morgan fingerprint density at radius 1 is 1.10 bits per heavy atom. The van der Waals surface area contributed by atoms with Crippen LogP contribution in [-0.4, -0.2) is 15.5 Å². The minimum Gasteiger partial charge on any atom is -0.496 e. The first-order valence-electron chi connectivity index (χ1n) is 6.65. The minimum atomic E-state index is -3.38. The Labute approximate surface area is 125 Å². The van der Waals surface area contributed by atoms with Gasteiger partial charge in [-0.1, -0.05) is 48.0 Å². The molecular formula is C16H19NO3S. The van der Waals surface area contributed by atoms with Crippen LogP contribution in [0.2, 0.25) is 0 Å². The summed E-state index contributed by atoms with van der Waals surface area (Å²) in [4.78, 5) is 0. The van der Waals surface area contributed by atoms with E-state index in [0.717, 1.165) is 16.7 Å². The lowest BCUT2D eigenvalue weighted by molar-refractivity contribution is 0.409. The van der Waals surface area contributed by atoms with E-state index in [0.29, 0.717) is 5.75 Å². The summed E-state index contributed by atoms with van der Waals surface area (Å²) in [6.45, 7) is 2.16. The van der Waals surface area contributed by atoms with E-state index in [9.17, 15) is 8.42 Å². The number of aryl methyl sites for hydroxylation is 1. The van der Waals surface area contributed by atoms with Crippen LogP contribution >= 0.6 is 0 Å². The Hall–Kier alpha value is -1.85. The van der Waals surface area contributed by atoms with Gasteiger partial charge in [0, 0.05) is 12.1 Å². The van der Waals surface area contributed by atoms with Crippen molar-refractivity contribution in [1.29, 1.82) is 0 Å². The average molecular weight is 305 g/mol. The molecule has 0 aliphatic heterocycles. The smallest absolute Gasteiger partial charge is 0.216 e. The molecule has 0 spiro atoms. The second kappa shape index (κ2) is 6.74. The average Bonchev–Trinajstić information content (AvgIpc) is 2.45. The van der Waals surface area contributed by atoms with Crippen molar-refractivity contribution < 1.29 is 13.2 Å².